The fraction of sp³-hybridized carbons (Fsp3) is 0.182. The van der Waals surface area contributed by atoms with Gasteiger partial charge in [-0.05, 0) is 31.3 Å². The molecular formula is C11H12N4OS. The highest BCUT2D eigenvalue weighted by Gasteiger charge is 2.14. The SMILES string of the molecule is Cc1ccc2c(c1)c(N=NC(N)=S)c(O)n2C. The number of aromatic hydroxyl groups is 1. The number of azo groups is 1. The van der Waals surface area contributed by atoms with Crippen LogP contribution in [0.15, 0.2) is 28.4 Å². The van der Waals surface area contributed by atoms with E-state index in [2.05, 4.69) is 22.4 Å². The first-order valence-electron chi connectivity index (χ1n) is 5.00. The second-order valence-corrected chi connectivity index (χ2v) is 4.21. The van der Waals surface area contributed by atoms with Gasteiger partial charge in [-0.1, -0.05) is 11.6 Å². The van der Waals surface area contributed by atoms with Crippen LogP contribution in [0.2, 0.25) is 0 Å². The average Bonchev–Trinajstić information content (AvgIpc) is 2.49. The van der Waals surface area contributed by atoms with Gasteiger partial charge in [0.1, 0.15) is 0 Å². The molecular weight excluding hydrogens is 236 g/mol. The van der Waals surface area contributed by atoms with Crippen LogP contribution in [-0.2, 0) is 7.05 Å². The van der Waals surface area contributed by atoms with Gasteiger partial charge in [0.15, 0.2) is 5.69 Å². The van der Waals surface area contributed by atoms with Crippen LogP contribution >= 0.6 is 12.2 Å². The van der Waals surface area contributed by atoms with Crippen LogP contribution in [0.4, 0.5) is 5.69 Å². The molecule has 0 saturated carbocycles. The Morgan fingerprint density at radius 1 is 1.47 bits per heavy atom. The van der Waals surface area contributed by atoms with Gasteiger partial charge in [-0.15, -0.1) is 10.2 Å². The van der Waals surface area contributed by atoms with Crippen molar-refractivity contribution in [3.63, 3.8) is 0 Å². The number of thiocarbonyl (C=S) groups is 1. The average molecular weight is 248 g/mol. The number of aromatic nitrogens is 1. The minimum absolute atomic E-state index is 0.0469. The standard InChI is InChI=1S/C11H12N4OS/c1-6-3-4-8-7(5-6)9(10(16)15(8)2)13-14-11(12)17/h3-5,16H,1-2H3,(H2,12,17). The van der Waals surface area contributed by atoms with Crippen molar-refractivity contribution in [2.75, 3.05) is 0 Å². The molecule has 0 unspecified atom stereocenters. The fourth-order valence-corrected chi connectivity index (χ4v) is 1.76. The highest BCUT2D eigenvalue weighted by Crippen LogP contribution is 2.38. The van der Waals surface area contributed by atoms with Crippen molar-refractivity contribution < 1.29 is 5.11 Å². The second kappa shape index (κ2) is 4.14. The lowest BCUT2D eigenvalue weighted by atomic mass is 10.1. The third-order valence-electron chi connectivity index (χ3n) is 2.55. The normalized spacial score (nSPS) is 11.4. The number of aryl methyl sites for hydroxylation is 2. The van der Waals surface area contributed by atoms with Gasteiger partial charge in [-0.2, -0.15) is 0 Å². The molecule has 0 bridgehead atoms. The first kappa shape index (κ1) is 11.5. The summed E-state index contributed by atoms with van der Waals surface area (Å²) in [5, 5.41) is 18.2. The van der Waals surface area contributed by atoms with Gasteiger partial charge in [0, 0.05) is 12.4 Å². The molecule has 0 aliphatic heterocycles. The molecule has 0 spiro atoms. The topological polar surface area (TPSA) is 75.9 Å². The molecule has 0 aliphatic rings. The first-order valence-corrected chi connectivity index (χ1v) is 5.40. The molecule has 0 amide bonds. The quantitative estimate of drug-likeness (QED) is 0.601. The summed E-state index contributed by atoms with van der Waals surface area (Å²) in [7, 11) is 1.76. The second-order valence-electron chi connectivity index (χ2n) is 3.79. The predicted octanol–water partition coefficient (Wildman–Crippen LogP) is 2.52. The Kier molecular flexibility index (Phi) is 2.81. The van der Waals surface area contributed by atoms with Crippen LogP contribution in [0.25, 0.3) is 10.9 Å². The predicted molar refractivity (Wildman–Crippen MR) is 70.6 cm³/mol. The lowest BCUT2D eigenvalue weighted by Crippen LogP contribution is -2.01. The number of benzene rings is 1. The largest absolute Gasteiger partial charge is 0.493 e. The number of hydrogen-bond acceptors (Lipinski definition) is 3. The van der Waals surface area contributed by atoms with Crippen LogP contribution in [0, 0.1) is 6.92 Å². The Morgan fingerprint density at radius 2 is 2.18 bits per heavy atom. The molecule has 0 fully saturated rings. The Balaban J connectivity index is 2.72. The van der Waals surface area contributed by atoms with Crippen LogP contribution in [0.3, 0.4) is 0 Å². The maximum absolute atomic E-state index is 9.95. The monoisotopic (exact) mass is 248 g/mol. The van der Waals surface area contributed by atoms with Gasteiger partial charge < -0.3 is 15.4 Å². The van der Waals surface area contributed by atoms with Crippen LogP contribution < -0.4 is 5.73 Å². The number of hydrogen-bond donors (Lipinski definition) is 2. The fourth-order valence-electron chi connectivity index (χ4n) is 1.72. The Bertz CT molecular complexity index is 630. The van der Waals surface area contributed by atoms with Crippen molar-refractivity contribution in [1.29, 1.82) is 0 Å². The highest BCUT2D eigenvalue weighted by atomic mass is 32.1. The van der Waals surface area contributed by atoms with Gasteiger partial charge in [0.2, 0.25) is 11.0 Å². The van der Waals surface area contributed by atoms with E-state index in [0.717, 1.165) is 16.5 Å². The molecule has 0 radical (unpaired) electrons. The lowest BCUT2D eigenvalue weighted by Gasteiger charge is -1.96. The molecule has 6 heteroatoms. The van der Waals surface area contributed by atoms with Gasteiger partial charge in [-0.3, -0.25) is 0 Å². The molecule has 1 aromatic heterocycles. The van der Waals surface area contributed by atoms with E-state index in [1.165, 1.54) is 0 Å². The zero-order valence-corrected chi connectivity index (χ0v) is 10.3. The van der Waals surface area contributed by atoms with E-state index in [1.807, 2.05) is 25.1 Å². The third-order valence-corrected chi connectivity index (χ3v) is 2.63. The van der Waals surface area contributed by atoms with E-state index in [4.69, 9.17) is 5.73 Å². The maximum atomic E-state index is 9.95. The summed E-state index contributed by atoms with van der Waals surface area (Å²) in [6, 6.07) is 5.82. The van der Waals surface area contributed by atoms with Crippen LogP contribution in [0.1, 0.15) is 5.56 Å². The van der Waals surface area contributed by atoms with Crippen molar-refractivity contribution in [2.45, 2.75) is 6.92 Å². The maximum Gasteiger partial charge on any atom is 0.220 e. The summed E-state index contributed by atoms with van der Waals surface area (Å²) in [6.07, 6.45) is 0. The molecule has 1 aromatic carbocycles. The minimum Gasteiger partial charge on any atom is -0.493 e. The van der Waals surface area contributed by atoms with Crippen molar-refractivity contribution in [2.24, 2.45) is 23.0 Å². The van der Waals surface area contributed by atoms with Crippen LogP contribution in [-0.4, -0.2) is 14.8 Å². The number of fused-ring (bicyclic) bond motifs is 1. The molecule has 0 aliphatic carbocycles. The molecule has 3 N–H and O–H groups in total. The smallest absolute Gasteiger partial charge is 0.220 e. The summed E-state index contributed by atoms with van der Waals surface area (Å²) in [5.74, 6) is 0.0469. The Hall–Kier alpha value is -1.95. The number of rotatable bonds is 1. The summed E-state index contributed by atoms with van der Waals surface area (Å²) in [4.78, 5) is 0. The summed E-state index contributed by atoms with van der Waals surface area (Å²) < 4.78 is 1.64. The van der Waals surface area contributed by atoms with E-state index in [0.29, 0.717) is 5.69 Å². The molecule has 0 saturated heterocycles. The zero-order chi connectivity index (χ0) is 12.6. The molecule has 2 aromatic rings. The van der Waals surface area contributed by atoms with Crippen molar-refractivity contribution in [1.82, 2.24) is 4.57 Å². The molecule has 0 atom stereocenters. The van der Waals surface area contributed by atoms with Crippen molar-refractivity contribution in [3.8, 4) is 5.88 Å². The third kappa shape index (κ3) is 1.99. The summed E-state index contributed by atoms with van der Waals surface area (Å²) >= 11 is 4.62. The Morgan fingerprint density at radius 3 is 2.82 bits per heavy atom. The lowest BCUT2D eigenvalue weighted by molar-refractivity contribution is 0.436. The van der Waals surface area contributed by atoms with Gasteiger partial charge in [0.25, 0.3) is 0 Å². The molecule has 88 valence electrons. The van der Waals surface area contributed by atoms with E-state index in [9.17, 15) is 5.11 Å². The molecule has 17 heavy (non-hydrogen) atoms. The van der Waals surface area contributed by atoms with Gasteiger partial charge in [0.05, 0.1) is 5.52 Å². The first-order chi connectivity index (χ1) is 8.00. The van der Waals surface area contributed by atoms with Crippen LogP contribution in [0.5, 0.6) is 5.88 Å². The van der Waals surface area contributed by atoms with Gasteiger partial charge >= 0.3 is 0 Å². The van der Waals surface area contributed by atoms with E-state index < -0.39 is 0 Å². The molecule has 5 nitrogen and oxygen atoms in total. The molecule has 2 rings (SSSR count). The van der Waals surface area contributed by atoms with E-state index in [-0.39, 0.29) is 11.0 Å². The number of nitrogens with zero attached hydrogens (tertiary/aromatic N) is 3. The van der Waals surface area contributed by atoms with Gasteiger partial charge in [-0.25, -0.2) is 0 Å². The molecule has 1 heterocycles. The van der Waals surface area contributed by atoms with Crippen molar-refractivity contribution in [3.05, 3.63) is 23.8 Å². The summed E-state index contributed by atoms with van der Waals surface area (Å²) in [5.41, 5.74) is 7.60. The minimum atomic E-state index is -0.0611. The zero-order valence-electron chi connectivity index (χ0n) is 9.51. The van der Waals surface area contributed by atoms with E-state index >= 15 is 0 Å². The Labute approximate surface area is 104 Å². The number of nitrogens with two attached hydrogens (primary N) is 1. The highest BCUT2D eigenvalue weighted by molar-refractivity contribution is 7.80. The van der Waals surface area contributed by atoms with E-state index in [1.54, 1.807) is 11.6 Å². The van der Waals surface area contributed by atoms with Crippen molar-refractivity contribution >= 4 is 33.9 Å². The summed E-state index contributed by atoms with van der Waals surface area (Å²) in [6.45, 7) is 1.97.